The smallest absolute Gasteiger partial charge is 0.231 e. The van der Waals surface area contributed by atoms with Crippen LogP contribution in [0.1, 0.15) is 17.7 Å². The normalized spacial score (nSPS) is 12.2. The number of hydrogen-bond acceptors (Lipinski definition) is 4. The molecule has 0 N–H and O–H groups in total. The molecule has 4 rings (SSSR count). The lowest BCUT2D eigenvalue weighted by Crippen LogP contribution is -2.26. The lowest BCUT2D eigenvalue weighted by molar-refractivity contribution is -0.130. The van der Waals surface area contributed by atoms with Gasteiger partial charge in [0.2, 0.25) is 12.7 Å². The van der Waals surface area contributed by atoms with Gasteiger partial charge in [-0.3, -0.25) is 4.79 Å². The molecule has 1 amide bonds. The van der Waals surface area contributed by atoms with Crippen molar-refractivity contribution in [1.29, 1.82) is 0 Å². The molecule has 0 saturated heterocycles. The van der Waals surface area contributed by atoms with E-state index in [2.05, 4.69) is 0 Å². The average molecular weight is 398 g/mol. The summed E-state index contributed by atoms with van der Waals surface area (Å²) >= 11 is 5.92. The maximum absolute atomic E-state index is 12.5. The summed E-state index contributed by atoms with van der Waals surface area (Å²) in [6, 6.07) is 17.0. The lowest BCUT2D eigenvalue weighted by atomic mass is 10.1. The summed E-state index contributed by atoms with van der Waals surface area (Å²) in [5.74, 6) is 3.05. The number of fused-ring (bicyclic) bond motifs is 1. The fraction of sp³-hybridized carbons (Fsp3) is 0.227. The van der Waals surface area contributed by atoms with Crippen LogP contribution in [0.15, 0.2) is 59.0 Å². The largest absolute Gasteiger partial charge is 0.459 e. The molecule has 0 fully saturated rings. The number of carbonyl (C=O) groups excluding carboxylic acids is 1. The van der Waals surface area contributed by atoms with Gasteiger partial charge in [-0.25, -0.2) is 0 Å². The van der Waals surface area contributed by atoms with Crippen LogP contribution in [0.5, 0.6) is 11.5 Å². The molecule has 0 atom stereocenters. The number of carbonyl (C=O) groups is 1. The number of aryl methyl sites for hydroxylation is 1. The maximum Gasteiger partial charge on any atom is 0.231 e. The van der Waals surface area contributed by atoms with Gasteiger partial charge >= 0.3 is 0 Å². The first kappa shape index (κ1) is 18.4. The number of benzene rings is 2. The maximum atomic E-state index is 12.5. The highest BCUT2D eigenvalue weighted by atomic mass is 35.5. The summed E-state index contributed by atoms with van der Waals surface area (Å²) in [7, 11) is 1.78. The number of halogens is 1. The molecule has 0 spiro atoms. The molecular formula is C22H20ClNO4. The van der Waals surface area contributed by atoms with Crippen molar-refractivity contribution < 1.29 is 18.7 Å². The lowest BCUT2D eigenvalue weighted by Gasteiger charge is -2.15. The topological polar surface area (TPSA) is 51.9 Å². The number of ether oxygens (including phenoxy) is 2. The SMILES string of the molecule is CN(Cc1ccc(-c2ccc(Cl)cc2)o1)C(=O)CCc1ccc2c(c1)OCO2. The van der Waals surface area contributed by atoms with Crippen molar-refractivity contribution in [3.8, 4) is 22.8 Å². The van der Waals surface area contributed by atoms with Crippen molar-refractivity contribution in [1.82, 2.24) is 4.90 Å². The van der Waals surface area contributed by atoms with Gasteiger partial charge in [0.05, 0.1) is 6.54 Å². The Bertz CT molecular complexity index is 980. The first-order valence-corrected chi connectivity index (χ1v) is 9.43. The van der Waals surface area contributed by atoms with Crippen LogP contribution in [0, 0.1) is 0 Å². The highest BCUT2D eigenvalue weighted by molar-refractivity contribution is 6.30. The van der Waals surface area contributed by atoms with Crippen LogP contribution in [0.2, 0.25) is 5.02 Å². The zero-order valence-corrected chi connectivity index (χ0v) is 16.2. The third-order valence-electron chi connectivity index (χ3n) is 4.67. The van der Waals surface area contributed by atoms with E-state index >= 15 is 0 Å². The first-order valence-electron chi connectivity index (χ1n) is 9.05. The molecule has 1 aliphatic heterocycles. The second kappa shape index (κ2) is 7.98. The van der Waals surface area contributed by atoms with Gasteiger partial charge in [0, 0.05) is 24.1 Å². The van der Waals surface area contributed by atoms with Crippen molar-refractivity contribution in [3.63, 3.8) is 0 Å². The molecule has 28 heavy (non-hydrogen) atoms. The summed E-state index contributed by atoms with van der Waals surface area (Å²) in [6.07, 6.45) is 1.06. The van der Waals surface area contributed by atoms with E-state index < -0.39 is 0 Å². The van der Waals surface area contributed by atoms with Crippen LogP contribution in [0.4, 0.5) is 0 Å². The third-order valence-corrected chi connectivity index (χ3v) is 4.93. The van der Waals surface area contributed by atoms with Crippen molar-refractivity contribution in [2.45, 2.75) is 19.4 Å². The number of amides is 1. The number of rotatable bonds is 6. The highest BCUT2D eigenvalue weighted by Crippen LogP contribution is 2.32. The van der Waals surface area contributed by atoms with Gasteiger partial charge in [0.15, 0.2) is 11.5 Å². The number of nitrogens with zero attached hydrogens (tertiary/aromatic N) is 1. The zero-order valence-electron chi connectivity index (χ0n) is 15.5. The molecule has 0 unspecified atom stereocenters. The molecule has 0 radical (unpaired) electrons. The minimum atomic E-state index is 0.0575. The van der Waals surface area contributed by atoms with Gasteiger partial charge in [-0.05, 0) is 60.5 Å². The molecule has 3 aromatic rings. The van der Waals surface area contributed by atoms with Crippen LogP contribution in [-0.4, -0.2) is 24.6 Å². The minimum Gasteiger partial charge on any atom is -0.459 e. The Morgan fingerprint density at radius 3 is 2.64 bits per heavy atom. The Balaban J connectivity index is 1.32. The molecular weight excluding hydrogens is 378 g/mol. The third kappa shape index (κ3) is 4.15. The molecule has 0 aliphatic carbocycles. The second-order valence-corrected chi connectivity index (χ2v) is 7.15. The summed E-state index contributed by atoms with van der Waals surface area (Å²) < 4.78 is 16.6. The van der Waals surface area contributed by atoms with E-state index in [1.54, 1.807) is 11.9 Å². The molecule has 2 heterocycles. The zero-order chi connectivity index (χ0) is 19.5. The molecule has 1 aliphatic rings. The fourth-order valence-corrected chi connectivity index (χ4v) is 3.22. The highest BCUT2D eigenvalue weighted by Gasteiger charge is 2.15. The van der Waals surface area contributed by atoms with Crippen LogP contribution < -0.4 is 9.47 Å². The van der Waals surface area contributed by atoms with Gasteiger partial charge in [0.1, 0.15) is 11.5 Å². The predicted octanol–water partition coefficient (Wildman–Crippen LogP) is 4.92. The van der Waals surface area contributed by atoms with Crippen LogP contribution in [0.25, 0.3) is 11.3 Å². The van der Waals surface area contributed by atoms with E-state index in [0.29, 0.717) is 24.4 Å². The Morgan fingerprint density at radius 1 is 1.04 bits per heavy atom. The van der Waals surface area contributed by atoms with Gasteiger partial charge in [-0.1, -0.05) is 17.7 Å². The predicted molar refractivity (Wildman–Crippen MR) is 107 cm³/mol. The van der Waals surface area contributed by atoms with E-state index in [4.69, 9.17) is 25.5 Å². The molecule has 1 aromatic heterocycles. The second-order valence-electron chi connectivity index (χ2n) is 6.71. The number of hydrogen-bond donors (Lipinski definition) is 0. The van der Waals surface area contributed by atoms with E-state index in [0.717, 1.165) is 34.1 Å². The van der Waals surface area contributed by atoms with E-state index in [9.17, 15) is 4.79 Å². The van der Waals surface area contributed by atoms with Crippen molar-refractivity contribution in [3.05, 3.63) is 70.9 Å². The molecule has 144 valence electrons. The quantitative estimate of drug-likeness (QED) is 0.592. The first-order chi connectivity index (χ1) is 13.6. The Hall–Kier alpha value is -2.92. The standard InChI is InChI=1S/C22H20ClNO4/c1-24(13-18-8-10-19(28-18)16-4-6-17(23)7-5-16)22(25)11-3-15-2-9-20-21(12-15)27-14-26-20/h2,4-10,12H,3,11,13-14H2,1H3. The Kier molecular flexibility index (Phi) is 5.26. The van der Waals surface area contributed by atoms with Gasteiger partial charge in [-0.2, -0.15) is 0 Å². The molecule has 0 saturated carbocycles. The van der Waals surface area contributed by atoms with Crippen LogP contribution in [0.3, 0.4) is 0 Å². The molecule has 6 heteroatoms. The molecule has 2 aromatic carbocycles. The van der Waals surface area contributed by atoms with Crippen molar-refractivity contribution in [2.75, 3.05) is 13.8 Å². The fourth-order valence-electron chi connectivity index (χ4n) is 3.09. The summed E-state index contributed by atoms with van der Waals surface area (Å²) in [5, 5.41) is 0.684. The summed E-state index contributed by atoms with van der Waals surface area (Å²) in [6.45, 7) is 0.676. The van der Waals surface area contributed by atoms with Gasteiger partial charge in [0.25, 0.3) is 0 Å². The van der Waals surface area contributed by atoms with E-state index in [1.165, 1.54) is 0 Å². The molecule has 0 bridgehead atoms. The van der Waals surface area contributed by atoms with E-state index in [-0.39, 0.29) is 12.7 Å². The number of furan rings is 1. The van der Waals surface area contributed by atoms with Gasteiger partial charge < -0.3 is 18.8 Å². The average Bonchev–Trinajstić information content (AvgIpc) is 3.35. The molecule has 5 nitrogen and oxygen atoms in total. The van der Waals surface area contributed by atoms with Gasteiger partial charge in [-0.15, -0.1) is 0 Å². The van der Waals surface area contributed by atoms with Crippen molar-refractivity contribution in [2.24, 2.45) is 0 Å². The minimum absolute atomic E-state index is 0.0575. The van der Waals surface area contributed by atoms with Crippen molar-refractivity contribution >= 4 is 17.5 Å². The van der Waals surface area contributed by atoms with Crippen LogP contribution >= 0.6 is 11.6 Å². The Morgan fingerprint density at radius 2 is 1.82 bits per heavy atom. The van der Waals surface area contributed by atoms with Crippen LogP contribution in [-0.2, 0) is 17.8 Å². The summed E-state index contributed by atoms with van der Waals surface area (Å²) in [5.41, 5.74) is 2.00. The Labute approximate surface area is 168 Å². The summed E-state index contributed by atoms with van der Waals surface area (Å²) in [4.78, 5) is 14.2. The monoisotopic (exact) mass is 397 g/mol. The van der Waals surface area contributed by atoms with E-state index in [1.807, 2.05) is 54.6 Å².